The number of hydrogen-bond donors (Lipinski definition) is 0. The molecule has 0 spiro atoms. The first-order valence-electron chi connectivity index (χ1n) is 8.36. The van der Waals surface area contributed by atoms with Crippen molar-refractivity contribution in [1.29, 1.82) is 0 Å². The molecule has 6 heteroatoms. The molecule has 0 radical (unpaired) electrons. The van der Waals surface area contributed by atoms with E-state index in [1.165, 1.54) is 5.56 Å². The summed E-state index contributed by atoms with van der Waals surface area (Å²) in [5.41, 5.74) is 3.42. The molecule has 0 N–H and O–H groups in total. The van der Waals surface area contributed by atoms with Crippen LogP contribution in [0.4, 0.5) is 5.69 Å². The van der Waals surface area contributed by atoms with Crippen LogP contribution < -0.4 is 4.90 Å². The third kappa shape index (κ3) is 3.84. The standard InChI is InChI=1S/C19H19ClN4S/c20-17-12-21-7-6-18(17)24-10-8-23(9-11-24)13-16-14-25-19(22-16)15-4-2-1-3-5-15/h1-7,12,14H,8-11,13H2. The molecule has 128 valence electrons. The average molecular weight is 371 g/mol. The second-order valence-electron chi connectivity index (χ2n) is 6.10. The van der Waals surface area contributed by atoms with Crippen molar-refractivity contribution in [1.82, 2.24) is 14.9 Å². The third-order valence-electron chi connectivity index (χ3n) is 4.42. The normalized spacial score (nSPS) is 15.5. The lowest BCUT2D eigenvalue weighted by Gasteiger charge is -2.36. The first kappa shape index (κ1) is 16.5. The third-order valence-corrected chi connectivity index (χ3v) is 5.65. The number of piperazine rings is 1. The van der Waals surface area contributed by atoms with Crippen LogP contribution in [0.5, 0.6) is 0 Å². The molecule has 3 aromatic rings. The quantitative estimate of drug-likeness (QED) is 0.689. The maximum absolute atomic E-state index is 6.26. The summed E-state index contributed by atoms with van der Waals surface area (Å²) in [7, 11) is 0. The van der Waals surface area contributed by atoms with E-state index >= 15 is 0 Å². The molecule has 0 saturated carbocycles. The fourth-order valence-electron chi connectivity index (χ4n) is 3.09. The topological polar surface area (TPSA) is 32.3 Å². The van der Waals surface area contributed by atoms with E-state index in [1.807, 2.05) is 12.1 Å². The second kappa shape index (κ2) is 7.52. The molecule has 1 aromatic carbocycles. The lowest BCUT2D eigenvalue weighted by atomic mass is 10.2. The fourth-order valence-corrected chi connectivity index (χ4v) is 4.15. The molecule has 1 fully saturated rings. The number of anilines is 1. The van der Waals surface area contributed by atoms with Gasteiger partial charge in [0.15, 0.2) is 0 Å². The summed E-state index contributed by atoms with van der Waals surface area (Å²) >= 11 is 7.98. The largest absolute Gasteiger partial charge is 0.368 e. The van der Waals surface area contributed by atoms with Gasteiger partial charge in [-0.1, -0.05) is 41.9 Å². The van der Waals surface area contributed by atoms with Gasteiger partial charge in [0.05, 0.1) is 16.4 Å². The zero-order valence-electron chi connectivity index (χ0n) is 13.8. The van der Waals surface area contributed by atoms with Crippen molar-refractivity contribution < 1.29 is 0 Å². The number of nitrogens with zero attached hydrogens (tertiary/aromatic N) is 4. The molecule has 0 unspecified atom stereocenters. The molecule has 0 bridgehead atoms. The SMILES string of the molecule is Clc1cnccc1N1CCN(Cc2csc(-c3ccccc3)n2)CC1. The summed E-state index contributed by atoms with van der Waals surface area (Å²) < 4.78 is 0. The predicted molar refractivity (Wildman–Crippen MR) is 104 cm³/mol. The highest BCUT2D eigenvalue weighted by molar-refractivity contribution is 7.13. The zero-order valence-corrected chi connectivity index (χ0v) is 15.4. The smallest absolute Gasteiger partial charge is 0.123 e. The van der Waals surface area contributed by atoms with Gasteiger partial charge in [-0.15, -0.1) is 11.3 Å². The minimum absolute atomic E-state index is 0.725. The summed E-state index contributed by atoms with van der Waals surface area (Å²) in [4.78, 5) is 13.6. The Balaban J connectivity index is 1.36. The van der Waals surface area contributed by atoms with Crippen molar-refractivity contribution in [3.63, 3.8) is 0 Å². The van der Waals surface area contributed by atoms with Gasteiger partial charge in [0.25, 0.3) is 0 Å². The Hall–Kier alpha value is -1.95. The van der Waals surface area contributed by atoms with Crippen LogP contribution in [0.3, 0.4) is 0 Å². The average Bonchev–Trinajstić information content (AvgIpc) is 3.12. The molecule has 4 nitrogen and oxygen atoms in total. The van der Waals surface area contributed by atoms with Gasteiger partial charge >= 0.3 is 0 Å². The first-order chi connectivity index (χ1) is 12.3. The van der Waals surface area contributed by atoms with E-state index in [1.54, 1.807) is 23.7 Å². The minimum atomic E-state index is 0.725. The Morgan fingerprint density at radius 2 is 1.84 bits per heavy atom. The van der Waals surface area contributed by atoms with Gasteiger partial charge in [-0.2, -0.15) is 0 Å². The van der Waals surface area contributed by atoms with Gasteiger partial charge in [-0.25, -0.2) is 4.98 Å². The predicted octanol–water partition coefficient (Wildman–Crippen LogP) is 4.18. The van der Waals surface area contributed by atoms with E-state index < -0.39 is 0 Å². The highest BCUT2D eigenvalue weighted by Crippen LogP contribution is 2.26. The van der Waals surface area contributed by atoms with E-state index in [2.05, 4.69) is 44.4 Å². The molecule has 1 aliphatic heterocycles. The van der Waals surface area contributed by atoms with Gasteiger partial charge in [-0.3, -0.25) is 9.88 Å². The maximum Gasteiger partial charge on any atom is 0.123 e. The fraction of sp³-hybridized carbons (Fsp3) is 0.263. The van der Waals surface area contributed by atoms with Gasteiger partial charge in [0, 0.05) is 56.1 Å². The molecule has 4 rings (SSSR count). The lowest BCUT2D eigenvalue weighted by Crippen LogP contribution is -2.46. The first-order valence-corrected chi connectivity index (χ1v) is 9.62. The van der Waals surface area contributed by atoms with Crippen LogP contribution in [0.25, 0.3) is 10.6 Å². The summed E-state index contributed by atoms with van der Waals surface area (Å²) in [6, 6.07) is 12.4. The number of pyridine rings is 1. The van der Waals surface area contributed by atoms with Crippen molar-refractivity contribution in [2.75, 3.05) is 31.1 Å². The van der Waals surface area contributed by atoms with Gasteiger partial charge in [0.2, 0.25) is 0 Å². The van der Waals surface area contributed by atoms with Crippen LogP contribution in [0.2, 0.25) is 5.02 Å². The van der Waals surface area contributed by atoms with Gasteiger partial charge in [0.1, 0.15) is 5.01 Å². The van der Waals surface area contributed by atoms with Crippen LogP contribution in [0.1, 0.15) is 5.69 Å². The molecule has 2 aromatic heterocycles. The Labute approximate surface area is 156 Å². The van der Waals surface area contributed by atoms with Crippen LogP contribution in [-0.2, 0) is 6.54 Å². The molecule has 0 aliphatic carbocycles. The molecule has 25 heavy (non-hydrogen) atoms. The number of rotatable bonds is 4. The molecule has 0 amide bonds. The molecular formula is C19H19ClN4S. The summed E-state index contributed by atoms with van der Waals surface area (Å²) in [5.74, 6) is 0. The highest BCUT2D eigenvalue weighted by Gasteiger charge is 2.19. The number of halogens is 1. The summed E-state index contributed by atoms with van der Waals surface area (Å²) in [6.07, 6.45) is 3.51. The Bertz CT molecular complexity index is 828. The molecular weight excluding hydrogens is 352 g/mol. The van der Waals surface area contributed by atoms with Crippen molar-refractivity contribution in [3.05, 3.63) is 64.9 Å². The van der Waals surface area contributed by atoms with E-state index in [0.29, 0.717) is 0 Å². The van der Waals surface area contributed by atoms with Crippen molar-refractivity contribution in [2.24, 2.45) is 0 Å². The zero-order chi connectivity index (χ0) is 17.1. The Kier molecular flexibility index (Phi) is 4.97. The number of benzene rings is 1. The lowest BCUT2D eigenvalue weighted by molar-refractivity contribution is 0.247. The van der Waals surface area contributed by atoms with Crippen LogP contribution >= 0.6 is 22.9 Å². The van der Waals surface area contributed by atoms with Crippen molar-refractivity contribution >= 4 is 28.6 Å². The van der Waals surface area contributed by atoms with E-state index in [-0.39, 0.29) is 0 Å². The summed E-state index contributed by atoms with van der Waals surface area (Å²) in [6.45, 7) is 4.87. The molecule has 1 saturated heterocycles. The molecule has 0 atom stereocenters. The number of hydrogen-bond acceptors (Lipinski definition) is 5. The van der Waals surface area contributed by atoms with Crippen LogP contribution in [0.15, 0.2) is 54.2 Å². The van der Waals surface area contributed by atoms with Crippen LogP contribution in [-0.4, -0.2) is 41.0 Å². The monoisotopic (exact) mass is 370 g/mol. The molecule has 3 heterocycles. The Morgan fingerprint density at radius 3 is 2.60 bits per heavy atom. The highest BCUT2D eigenvalue weighted by atomic mass is 35.5. The summed E-state index contributed by atoms with van der Waals surface area (Å²) in [5, 5.41) is 4.00. The van der Waals surface area contributed by atoms with Crippen LogP contribution in [0, 0.1) is 0 Å². The minimum Gasteiger partial charge on any atom is -0.368 e. The number of thiazole rings is 1. The van der Waals surface area contributed by atoms with E-state index in [9.17, 15) is 0 Å². The maximum atomic E-state index is 6.26. The molecule has 1 aliphatic rings. The van der Waals surface area contributed by atoms with Gasteiger partial charge in [-0.05, 0) is 6.07 Å². The second-order valence-corrected chi connectivity index (χ2v) is 7.37. The Morgan fingerprint density at radius 1 is 1.04 bits per heavy atom. The van der Waals surface area contributed by atoms with Crippen molar-refractivity contribution in [2.45, 2.75) is 6.54 Å². The van der Waals surface area contributed by atoms with E-state index in [0.717, 1.165) is 54.1 Å². The van der Waals surface area contributed by atoms with E-state index in [4.69, 9.17) is 16.6 Å². The number of aromatic nitrogens is 2. The van der Waals surface area contributed by atoms with Crippen molar-refractivity contribution in [3.8, 4) is 10.6 Å². The van der Waals surface area contributed by atoms with Gasteiger partial charge < -0.3 is 4.90 Å².